The third kappa shape index (κ3) is 4.66. The van der Waals surface area contributed by atoms with E-state index in [2.05, 4.69) is 10.0 Å². The number of carboxylic acid groups (broad SMARTS) is 1. The molecule has 0 aliphatic carbocycles. The van der Waals surface area contributed by atoms with Crippen molar-refractivity contribution in [2.24, 2.45) is 0 Å². The highest BCUT2D eigenvalue weighted by Gasteiger charge is 2.21. The lowest BCUT2D eigenvalue weighted by molar-refractivity contribution is -0.118. The molecule has 21 heavy (non-hydrogen) atoms. The van der Waals surface area contributed by atoms with Crippen LogP contribution < -0.4 is 10.0 Å². The van der Waals surface area contributed by atoms with E-state index in [4.69, 9.17) is 16.7 Å². The van der Waals surface area contributed by atoms with Crippen LogP contribution in [-0.2, 0) is 14.8 Å². The normalized spacial score (nSPS) is 11.2. The molecule has 0 spiro atoms. The Labute approximate surface area is 125 Å². The second-order valence-corrected chi connectivity index (χ2v) is 6.10. The number of hydrogen-bond acceptors (Lipinski definition) is 4. The molecule has 1 aromatic rings. The molecular weight excluding hydrogens is 327 g/mol. The third-order valence-electron chi connectivity index (χ3n) is 2.33. The van der Waals surface area contributed by atoms with Gasteiger partial charge in [0, 0.05) is 20.0 Å². The molecule has 116 valence electrons. The maximum atomic E-state index is 13.5. The number of halogens is 2. The summed E-state index contributed by atoms with van der Waals surface area (Å²) in [5.74, 6) is -3.03. The number of carbonyl (C=O) groups excluding carboxylic acids is 1. The minimum Gasteiger partial charge on any atom is -0.478 e. The Morgan fingerprint density at radius 1 is 1.33 bits per heavy atom. The average Bonchev–Trinajstić information content (AvgIpc) is 2.37. The van der Waals surface area contributed by atoms with E-state index in [0.717, 1.165) is 6.07 Å². The lowest BCUT2D eigenvalue weighted by Gasteiger charge is -2.09. The van der Waals surface area contributed by atoms with Crippen molar-refractivity contribution in [1.82, 2.24) is 10.0 Å². The Kier molecular flexibility index (Phi) is 5.64. The molecule has 1 rings (SSSR count). The van der Waals surface area contributed by atoms with Gasteiger partial charge in [0.25, 0.3) is 0 Å². The molecular formula is C11H12ClFN2O5S. The number of aromatic carboxylic acids is 1. The molecule has 0 unspecified atom stereocenters. The quantitative estimate of drug-likeness (QED) is 0.657. The van der Waals surface area contributed by atoms with Crippen LogP contribution in [0.15, 0.2) is 17.0 Å². The number of carbonyl (C=O) groups is 2. The van der Waals surface area contributed by atoms with E-state index >= 15 is 0 Å². The fourth-order valence-corrected chi connectivity index (χ4v) is 2.64. The van der Waals surface area contributed by atoms with Gasteiger partial charge in [0.1, 0.15) is 5.82 Å². The monoisotopic (exact) mass is 338 g/mol. The van der Waals surface area contributed by atoms with Crippen molar-refractivity contribution in [2.45, 2.75) is 11.8 Å². The van der Waals surface area contributed by atoms with Gasteiger partial charge in [-0.3, -0.25) is 4.79 Å². The van der Waals surface area contributed by atoms with Crippen molar-refractivity contribution in [1.29, 1.82) is 0 Å². The minimum atomic E-state index is -4.12. The van der Waals surface area contributed by atoms with E-state index in [1.165, 1.54) is 6.92 Å². The number of carboxylic acids is 1. The summed E-state index contributed by atoms with van der Waals surface area (Å²) >= 11 is 5.45. The fourth-order valence-electron chi connectivity index (χ4n) is 1.38. The lowest BCUT2D eigenvalue weighted by Crippen LogP contribution is -2.33. The number of benzene rings is 1. The Morgan fingerprint density at radius 3 is 2.48 bits per heavy atom. The summed E-state index contributed by atoms with van der Waals surface area (Å²) in [5, 5.41) is 10.5. The molecule has 0 bridgehead atoms. The molecule has 0 aliphatic rings. The molecule has 0 saturated heterocycles. The molecule has 3 N–H and O–H groups in total. The highest BCUT2D eigenvalue weighted by molar-refractivity contribution is 7.89. The number of hydrogen-bond donors (Lipinski definition) is 3. The number of amides is 1. The van der Waals surface area contributed by atoms with Crippen LogP contribution in [0.4, 0.5) is 4.39 Å². The van der Waals surface area contributed by atoms with Gasteiger partial charge in [0.15, 0.2) is 0 Å². The predicted molar refractivity (Wildman–Crippen MR) is 72.2 cm³/mol. The second-order valence-electron chi connectivity index (χ2n) is 3.95. The minimum absolute atomic E-state index is 0.0381. The van der Waals surface area contributed by atoms with Crippen molar-refractivity contribution < 1.29 is 27.5 Å². The standard InChI is InChI=1S/C11H12ClFN2O5S/c1-6(16)14-2-3-15-21(19,20)7-4-8(11(17)18)10(12)9(13)5-7/h4-5,15H,2-3H2,1H3,(H,14,16)(H,17,18). The smallest absolute Gasteiger partial charge is 0.337 e. The van der Waals surface area contributed by atoms with Crippen LogP contribution in [0.3, 0.4) is 0 Å². The van der Waals surface area contributed by atoms with E-state index in [1.807, 2.05) is 0 Å². The Balaban J connectivity index is 2.98. The molecule has 1 amide bonds. The van der Waals surface area contributed by atoms with Gasteiger partial charge < -0.3 is 10.4 Å². The maximum absolute atomic E-state index is 13.5. The van der Waals surface area contributed by atoms with E-state index in [0.29, 0.717) is 6.07 Å². The SMILES string of the molecule is CC(=O)NCCNS(=O)(=O)c1cc(F)c(Cl)c(C(=O)O)c1. The summed E-state index contributed by atoms with van der Waals surface area (Å²) in [5.41, 5.74) is -0.654. The molecule has 0 fully saturated rings. The molecule has 0 aliphatic heterocycles. The van der Waals surface area contributed by atoms with Crippen molar-refractivity contribution in [3.05, 3.63) is 28.5 Å². The van der Waals surface area contributed by atoms with Gasteiger partial charge in [-0.1, -0.05) is 11.6 Å². The predicted octanol–water partition coefficient (Wildman–Crippen LogP) is 0.592. The highest BCUT2D eigenvalue weighted by atomic mass is 35.5. The average molecular weight is 339 g/mol. The van der Waals surface area contributed by atoms with Gasteiger partial charge in [-0.2, -0.15) is 0 Å². The first-order valence-electron chi connectivity index (χ1n) is 5.61. The number of nitrogens with one attached hydrogen (secondary N) is 2. The van der Waals surface area contributed by atoms with Crippen LogP contribution in [0.5, 0.6) is 0 Å². The van der Waals surface area contributed by atoms with E-state index in [-0.39, 0.29) is 19.0 Å². The molecule has 7 nitrogen and oxygen atoms in total. The van der Waals surface area contributed by atoms with Crippen molar-refractivity contribution in [3.8, 4) is 0 Å². The molecule has 0 heterocycles. The summed E-state index contributed by atoms with van der Waals surface area (Å²) < 4.78 is 39.4. The lowest BCUT2D eigenvalue weighted by atomic mass is 10.2. The Bertz CT molecular complexity index is 677. The van der Waals surface area contributed by atoms with Crippen LogP contribution in [0, 0.1) is 5.82 Å². The molecule has 0 aromatic heterocycles. The van der Waals surface area contributed by atoms with Crippen LogP contribution in [0.25, 0.3) is 0 Å². The summed E-state index contributed by atoms with van der Waals surface area (Å²) in [6, 6.07) is 1.38. The summed E-state index contributed by atoms with van der Waals surface area (Å²) in [6.07, 6.45) is 0. The van der Waals surface area contributed by atoms with Gasteiger partial charge in [0.05, 0.1) is 15.5 Å². The molecule has 1 aromatic carbocycles. The van der Waals surface area contributed by atoms with Crippen molar-refractivity contribution >= 4 is 33.5 Å². The zero-order valence-electron chi connectivity index (χ0n) is 10.8. The van der Waals surface area contributed by atoms with E-state index < -0.39 is 37.3 Å². The zero-order chi connectivity index (χ0) is 16.2. The van der Waals surface area contributed by atoms with Gasteiger partial charge in [-0.15, -0.1) is 0 Å². The largest absolute Gasteiger partial charge is 0.478 e. The van der Waals surface area contributed by atoms with Gasteiger partial charge in [-0.25, -0.2) is 22.3 Å². The van der Waals surface area contributed by atoms with Gasteiger partial charge >= 0.3 is 5.97 Å². The van der Waals surface area contributed by atoms with E-state index in [1.54, 1.807) is 0 Å². The summed E-state index contributed by atoms with van der Waals surface area (Å²) in [7, 11) is -4.12. The highest BCUT2D eigenvalue weighted by Crippen LogP contribution is 2.24. The first-order chi connectivity index (χ1) is 9.65. The van der Waals surface area contributed by atoms with Crippen molar-refractivity contribution in [3.63, 3.8) is 0 Å². The number of sulfonamides is 1. The third-order valence-corrected chi connectivity index (χ3v) is 4.16. The molecule has 0 saturated carbocycles. The molecule has 10 heteroatoms. The van der Waals surface area contributed by atoms with Crippen LogP contribution >= 0.6 is 11.6 Å². The first kappa shape index (κ1) is 17.3. The fraction of sp³-hybridized carbons (Fsp3) is 0.273. The van der Waals surface area contributed by atoms with Gasteiger partial charge in [-0.05, 0) is 12.1 Å². The van der Waals surface area contributed by atoms with Crippen LogP contribution in [0.1, 0.15) is 17.3 Å². The summed E-state index contributed by atoms with van der Waals surface area (Å²) in [6.45, 7) is 1.17. The first-order valence-corrected chi connectivity index (χ1v) is 7.47. The van der Waals surface area contributed by atoms with Gasteiger partial charge in [0.2, 0.25) is 15.9 Å². The topological polar surface area (TPSA) is 113 Å². The zero-order valence-corrected chi connectivity index (χ0v) is 12.4. The van der Waals surface area contributed by atoms with Crippen LogP contribution in [-0.4, -0.2) is 38.5 Å². The van der Waals surface area contributed by atoms with Crippen molar-refractivity contribution in [2.75, 3.05) is 13.1 Å². The number of rotatable bonds is 6. The maximum Gasteiger partial charge on any atom is 0.337 e. The molecule has 0 radical (unpaired) electrons. The molecule has 0 atom stereocenters. The Hall–Kier alpha value is -1.71. The van der Waals surface area contributed by atoms with E-state index in [9.17, 15) is 22.4 Å². The van der Waals surface area contributed by atoms with Crippen LogP contribution in [0.2, 0.25) is 5.02 Å². The second kappa shape index (κ2) is 6.83. The Morgan fingerprint density at radius 2 is 1.95 bits per heavy atom. The summed E-state index contributed by atoms with van der Waals surface area (Å²) in [4.78, 5) is 20.9.